The zero-order valence-electron chi connectivity index (χ0n) is 13.1. The number of amides is 1. The van der Waals surface area contributed by atoms with E-state index in [-0.39, 0.29) is 16.4 Å². The van der Waals surface area contributed by atoms with E-state index in [1.165, 1.54) is 30.6 Å². The normalized spacial score (nSPS) is 11.4. The molecule has 0 fully saturated rings. The van der Waals surface area contributed by atoms with Crippen molar-refractivity contribution < 1.29 is 17.8 Å². The van der Waals surface area contributed by atoms with E-state index in [0.717, 1.165) is 0 Å². The molecule has 25 heavy (non-hydrogen) atoms. The van der Waals surface area contributed by atoms with Gasteiger partial charge in [0.05, 0.1) is 11.8 Å². The Morgan fingerprint density at radius 1 is 1.28 bits per heavy atom. The van der Waals surface area contributed by atoms with Crippen LogP contribution >= 0.6 is 0 Å². The van der Waals surface area contributed by atoms with E-state index in [0.29, 0.717) is 24.5 Å². The van der Waals surface area contributed by atoms with Gasteiger partial charge in [0, 0.05) is 24.8 Å². The molecule has 132 valence electrons. The Hall–Kier alpha value is -2.82. The maximum absolute atomic E-state index is 11.7. The molecule has 1 aromatic heterocycles. The van der Waals surface area contributed by atoms with E-state index in [1.807, 2.05) is 0 Å². The molecule has 2 aromatic rings. The number of hydrogen-bond donors (Lipinski definition) is 4. The van der Waals surface area contributed by atoms with Gasteiger partial charge in [-0.1, -0.05) is 18.2 Å². The maximum Gasteiger partial charge on any atom is 0.295 e. The summed E-state index contributed by atoms with van der Waals surface area (Å²) in [6.07, 6.45) is 2.61. The number of anilines is 1. The first-order valence-corrected chi connectivity index (χ1v) is 8.66. The first-order valence-electron chi connectivity index (χ1n) is 7.21. The Kier molecular flexibility index (Phi) is 6.17. The van der Waals surface area contributed by atoms with Crippen molar-refractivity contribution in [1.29, 1.82) is 0 Å². The van der Waals surface area contributed by atoms with Gasteiger partial charge < -0.3 is 11.1 Å². The molecule has 10 heteroatoms. The average molecular weight is 363 g/mol. The lowest BCUT2D eigenvalue weighted by atomic mass is 10.2. The summed E-state index contributed by atoms with van der Waals surface area (Å²) in [5.41, 5.74) is 8.51. The predicted octanol–water partition coefficient (Wildman–Crippen LogP) is 0.463. The highest BCUT2D eigenvalue weighted by Gasteiger charge is 2.13. The molecule has 2 rings (SSSR count). The highest BCUT2D eigenvalue weighted by molar-refractivity contribution is 7.86. The van der Waals surface area contributed by atoms with Gasteiger partial charge in [0.15, 0.2) is 0 Å². The minimum atomic E-state index is -4.34. The molecule has 0 radical (unpaired) electrons. The van der Waals surface area contributed by atoms with Crippen LogP contribution in [0.3, 0.4) is 0 Å². The number of benzene rings is 1. The smallest absolute Gasteiger partial charge is 0.295 e. The first kappa shape index (κ1) is 18.5. The van der Waals surface area contributed by atoms with Crippen LogP contribution < -0.4 is 16.5 Å². The van der Waals surface area contributed by atoms with E-state index in [9.17, 15) is 13.2 Å². The van der Waals surface area contributed by atoms with E-state index < -0.39 is 10.1 Å². The number of rotatable bonds is 7. The summed E-state index contributed by atoms with van der Waals surface area (Å²) >= 11 is 0. The Bertz CT molecular complexity index is 866. The van der Waals surface area contributed by atoms with Crippen LogP contribution in [-0.4, -0.2) is 43.2 Å². The van der Waals surface area contributed by atoms with Crippen molar-refractivity contribution in [2.45, 2.75) is 4.90 Å². The number of hydrazone groups is 1. The summed E-state index contributed by atoms with van der Waals surface area (Å²) in [5, 5.41) is 6.50. The molecule has 9 nitrogen and oxygen atoms in total. The number of nitrogens with zero attached hydrogens (tertiary/aromatic N) is 2. The third-order valence-corrected chi connectivity index (χ3v) is 3.96. The highest BCUT2D eigenvalue weighted by atomic mass is 32.2. The van der Waals surface area contributed by atoms with Crippen molar-refractivity contribution in [2.75, 3.05) is 18.5 Å². The molecule has 1 heterocycles. The molecule has 0 atom stereocenters. The van der Waals surface area contributed by atoms with E-state index in [1.54, 1.807) is 18.2 Å². The summed E-state index contributed by atoms with van der Waals surface area (Å²) in [6, 6.07) is 8.97. The lowest BCUT2D eigenvalue weighted by Gasteiger charge is -2.04. The fourth-order valence-electron chi connectivity index (χ4n) is 1.87. The average Bonchev–Trinajstić information content (AvgIpc) is 2.60. The topological polar surface area (TPSA) is 147 Å². The fraction of sp³-hybridized carbons (Fsp3) is 0.133. The summed E-state index contributed by atoms with van der Waals surface area (Å²) < 4.78 is 31.7. The van der Waals surface area contributed by atoms with Crippen molar-refractivity contribution in [2.24, 2.45) is 10.8 Å². The van der Waals surface area contributed by atoms with Crippen LogP contribution in [0.5, 0.6) is 0 Å². The van der Waals surface area contributed by atoms with Crippen molar-refractivity contribution in [3.8, 4) is 0 Å². The summed E-state index contributed by atoms with van der Waals surface area (Å²) in [6.45, 7) is 0.717. The van der Waals surface area contributed by atoms with Crippen LogP contribution in [0.2, 0.25) is 0 Å². The second-order valence-electron chi connectivity index (χ2n) is 4.86. The summed E-state index contributed by atoms with van der Waals surface area (Å²) in [5.74, 6) is 0.0750. The van der Waals surface area contributed by atoms with Crippen LogP contribution in [0.25, 0.3) is 0 Å². The lowest BCUT2D eigenvalue weighted by Crippen LogP contribution is -2.29. The number of carbonyl (C=O) groups excluding carboxylic acids is 1. The molecule has 0 saturated carbocycles. The lowest BCUT2D eigenvalue weighted by molar-refractivity contribution is 0.0954. The number of pyridine rings is 1. The van der Waals surface area contributed by atoms with Gasteiger partial charge in [-0.05, 0) is 18.2 Å². The van der Waals surface area contributed by atoms with Crippen molar-refractivity contribution in [3.05, 3.63) is 53.7 Å². The van der Waals surface area contributed by atoms with Crippen LogP contribution in [0.1, 0.15) is 15.9 Å². The second-order valence-corrected chi connectivity index (χ2v) is 6.25. The van der Waals surface area contributed by atoms with Gasteiger partial charge in [-0.25, -0.2) is 4.98 Å². The van der Waals surface area contributed by atoms with Crippen LogP contribution in [0.15, 0.2) is 52.6 Å². The van der Waals surface area contributed by atoms with Gasteiger partial charge in [-0.2, -0.15) is 13.5 Å². The van der Waals surface area contributed by atoms with Gasteiger partial charge in [-0.3, -0.25) is 14.8 Å². The molecule has 0 bridgehead atoms. The van der Waals surface area contributed by atoms with Gasteiger partial charge in [0.25, 0.3) is 16.0 Å². The number of nitrogens with one attached hydrogen (secondary N) is 2. The third-order valence-electron chi connectivity index (χ3n) is 3.04. The van der Waals surface area contributed by atoms with Crippen molar-refractivity contribution in [1.82, 2.24) is 10.3 Å². The molecule has 5 N–H and O–H groups in total. The summed E-state index contributed by atoms with van der Waals surface area (Å²) in [7, 11) is -4.34. The zero-order chi connectivity index (χ0) is 18.3. The van der Waals surface area contributed by atoms with Gasteiger partial charge in [0.2, 0.25) is 0 Å². The minimum Gasteiger partial charge on any atom is -0.351 e. The molecule has 1 aromatic carbocycles. The van der Waals surface area contributed by atoms with Crippen LogP contribution in [-0.2, 0) is 10.1 Å². The fourth-order valence-corrected chi connectivity index (χ4v) is 2.54. The van der Waals surface area contributed by atoms with E-state index in [4.69, 9.17) is 10.3 Å². The number of carbonyl (C=O) groups is 1. The summed E-state index contributed by atoms with van der Waals surface area (Å²) in [4.78, 5) is 15.5. The van der Waals surface area contributed by atoms with Gasteiger partial charge in [-0.15, -0.1) is 0 Å². The van der Waals surface area contributed by atoms with E-state index in [2.05, 4.69) is 20.8 Å². The number of aromatic nitrogens is 1. The largest absolute Gasteiger partial charge is 0.351 e. The van der Waals surface area contributed by atoms with Gasteiger partial charge in [0.1, 0.15) is 10.7 Å². The minimum absolute atomic E-state index is 0.218. The van der Waals surface area contributed by atoms with Crippen molar-refractivity contribution >= 4 is 28.1 Å². The molecule has 0 spiro atoms. The Morgan fingerprint density at radius 3 is 2.68 bits per heavy atom. The third kappa shape index (κ3) is 5.35. The van der Waals surface area contributed by atoms with Crippen LogP contribution in [0, 0.1) is 0 Å². The molecule has 0 aliphatic carbocycles. The standard InChI is InChI=1S/C15H17N5O4S/c16-7-8-17-15(21)12-5-6-14(18-9-12)20-19-10-11-3-1-2-4-13(11)25(22,23)24/h1-6,9-10H,7-8,16H2,(H,17,21)(H,18,20)(H,22,23,24)/b19-10+. The van der Waals surface area contributed by atoms with E-state index >= 15 is 0 Å². The molecule has 1 amide bonds. The molecule has 0 aliphatic rings. The Balaban J connectivity index is 2.05. The van der Waals surface area contributed by atoms with Crippen LogP contribution in [0.4, 0.5) is 5.82 Å². The number of hydrogen-bond acceptors (Lipinski definition) is 7. The zero-order valence-corrected chi connectivity index (χ0v) is 13.9. The predicted molar refractivity (Wildman–Crippen MR) is 93.1 cm³/mol. The Labute approximate surface area is 144 Å². The first-order chi connectivity index (χ1) is 11.9. The quantitative estimate of drug-likeness (QED) is 0.317. The maximum atomic E-state index is 11.7. The van der Waals surface area contributed by atoms with Crippen molar-refractivity contribution in [3.63, 3.8) is 0 Å². The molecule has 0 aliphatic heterocycles. The molecular formula is C15H17N5O4S. The molecular weight excluding hydrogens is 346 g/mol. The SMILES string of the molecule is NCCNC(=O)c1ccc(N/N=C/c2ccccc2S(=O)(=O)O)nc1. The second kappa shape index (κ2) is 8.33. The highest BCUT2D eigenvalue weighted by Crippen LogP contribution is 2.13. The van der Waals surface area contributed by atoms with Gasteiger partial charge >= 0.3 is 0 Å². The monoisotopic (exact) mass is 363 g/mol. The molecule has 0 saturated heterocycles. The number of nitrogens with two attached hydrogens (primary N) is 1. The molecule has 0 unspecified atom stereocenters. The Morgan fingerprint density at radius 2 is 2.04 bits per heavy atom.